The second-order valence-electron chi connectivity index (χ2n) is 20.4. The molecule has 0 aromatic heterocycles. The molecular weight excluding hydrogens is 650 g/mol. The summed E-state index contributed by atoms with van der Waals surface area (Å²) in [6.45, 7) is 23.6. The number of carbonyl (C=O) groups excluding carboxylic acids is 3. The van der Waals surface area contributed by atoms with Gasteiger partial charge >= 0.3 is 11.9 Å². The molecule has 4 saturated carbocycles. The Morgan fingerprint density at radius 3 is 2.13 bits per heavy atom. The van der Waals surface area contributed by atoms with Crippen LogP contribution in [0, 0.1) is 56.2 Å². The zero-order chi connectivity index (χ0) is 38.4. The number of ketones is 1. The molecule has 2 N–H and O–H groups in total. The highest BCUT2D eigenvalue weighted by atomic mass is 16.5. The number of amides is 1. The average Bonchev–Trinajstić information content (AvgIpc) is 3.36. The van der Waals surface area contributed by atoms with Gasteiger partial charge in [0.2, 0.25) is 5.91 Å². The van der Waals surface area contributed by atoms with E-state index in [-0.39, 0.29) is 64.1 Å². The number of rotatable bonds is 8. The van der Waals surface area contributed by atoms with Crippen molar-refractivity contribution >= 4 is 23.6 Å². The van der Waals surface area contributed by atoms with Crippen molar-refractivity contribution in [3.05, 3.63) is 47.0 Å². The van der Waals surface area contributed by atoms with Crippen LogP contribution < -0.4 is 5.32 Å². The third kappa shape index (κ3) is 5.63. The summed E-state index contributed by atoms with van der Waals surface area (Å²) in [5.41, 5.74) is 0.297. The number of fused-ring (bicyclic) bond motifs is 7. The van der Waals surface area contributed by atoms with Crippen LogP contribution in [0.25, 0.3) is 0 Å². The van der Waals surface area contributed by atoms with Crippen LogP contribution in [-0.4, -0.2) is 34.8 Å². The summed E-state index contributed by atoms with van der Waals surface area (Å²) in [5.74, 6) is -0.224. The summed E-state index contributed by atoms with van der Waals surface area (Å²) in [6, 6.07) is 10.1. The molecule has 286 valence electrons. The molecule has 0 unspecified atom stereocenters. The molecule has 0 spiro atoms. The highest BCUT2D eigenvalue weighted by Gasteiger charge is 2.71. The molecule has 5 aliphatic rings. The number of allylic oxidation sites excluding steroid dienone is 1. The highest BCUT2D eigenvalue weighted by Crippen LogP contribution is 2.76. The predicted molar refractivity (Wildman–Crippen MR) is 203 cm³/mol. The molecule has 7 heteroatoms. The summed E-state index contributed by atoms with van der Waals surface area (Å²) in [6.07, 6.45) is 7.31. The summed E-state index contributed by atoms with van der Waals surface area (Å²) >= 11 is 0. The van der Waals surface area contributed by atoms with Crippen molar-refractivity contribution in [3.63, 3.8) is 0 Å². The first-order chi connectivity index (χ1) is 24.0. The Bertz CT molecular complexity index is 1670. The minimum absolute atomic E-state index is 0.00621. The second-order valence-corrected chi connectivity index (χ2v) is 20.4. The van der Waals surface area contributed by atoms with E-state index in [1.165, 1.54) is 0 Å². The minimum Gasteiger partial charge on any atom is -0.481 e. The highest BCUT2D eigenvalue weighted by molar-refractivity contribution is 6.07. The molecule has 4 fully saturated rings. The van der Waals surface area contributed by atoms with E-state index in [9.17, 15) is 24.3 Å². The Hall–Kier alpha value is -2.96. The number of hydrogen-bond donors (Lipinski definition) is 2. The summed E-state index contributed by atoms with van der Waals surface area (Å²) < 4.78 is 6.16. The molecule has 0 radical (unpaired) electrons. The number of carboxylic acid groups (broad SMARTS) is 1. The van der Waals surface area contributed by atoms with Crippen LogP contribution >= 0.6 is 0 Å². The van der Waals surface area contributed by atoms with Crippen molar-refractivity contribution in [1.29, 1.82) is 0 Å². The van der Waals surface area contributed by atoms with E-state index in [1.807, 2.05) is 18.2 Å². The SMILES string of the molecule is CC(C)C1=C2[C@H]3CC[C@@H]4[C@@]5(C)CC[C@H](OC(=O)CC(C)(C)C(=O)O)C(C)(C)[C@@H]5CC[C@@]4(C)[C@]3(C)CC[C@@]2(C(=O)NC(C)(C)c2ccccc2)CC1=O. The van der Waals surface area contributed by atoms with Gasteiger partial charge in [0.15, 0.2) is 5.78 Å². The first-order valence-electron chi connectivity index (χ1n) is 20.1. The summed E-state index contributed by atoms with van der Waals surface area (Å²) in [5, 5.41) is 13.1. The molecule has 0 heterocycles. The fraction of sp³-hybridized carbons (Fsp3) is 0.733. The average molecular weight is 716 g/mol. The van der Waals surface area contributed by atoms with Gasteiger partial charge in [0.1, 0.15) is 6.10 Å². The largest absolute Gasteiger partial charge is 0.481 e. The van der Waals surface area contributed by atoms with Crippen LogP contribution in [0.5, 0.6) is 0 Å². The van der Waals surface area contributed by atoms with E-state index in [0.717, 1.165) is 61.7 Å². The molecule has 7 nitrogen and oxygen atoms in total. The molecule has 1 aromatic rings. The van der Waals surface area contributed by atoms with E-state index in [0.29, 0.717) is 18.3 Å². The van der Waals surface area contributed by atoms with Crippen molar-refractivity contribution < 1.29 is 29.0 Å². The number of nitrogens with one attached hydrogen (secondary N) is 1. The van der Waals surface area contributed by atoms with Crippen molar-refractivity contribution in [2.75, 3.05) is 0 Å². The Kier molecular flexibility index (Phi) is 9.35. The standard InChI is InChI=1S/C45H65NO6/c1-27(2)35-30(47)25-45(37(49)46-41(7,8)28-15-13-12-14-16-28)24-23-43(10)29(36(35)45)17-18-32-42(9)21-20-33(52-34(48)26-39(3,4)38(50)51)40(5,6)31(42)19-22-44(32,43)11/h12-16,27,29,31-33H,17-26H2,1-11H3,(H,46,49)(H,50,51)/t29-,31+,32-,33+,42+,43-,44-,45-/m1/s1. The third-order valence-corrected chi connectivity index (χ3v) is 16.2. The molecular formula is C45H65NO6. The molecule has 8 atom stereocenters. The van der Waals surface area contributed by atoms with Crippen molar-refractivity contribution in [3.8, 4) is 0 Å². The van der Waals surface area contributed by atoms with E-state index in [4.69, 9.17) is 4.74 Å². The number of aliphatic carboxylic acids is 1. The van der Waals surface area contributed by atoms with Crippen LogP contribution in [0.3, 0.4) is 0 Å². The number of carboxylic acids is 1. The lowest BCUT2D eigenvalue weighted by Gasteiger charge is -2.72. The molecule has 1 aromatic carbocycles. The van der Waals surface area contributed by atoms with Crippen molar-refractivity contribution in [2.24, 2.45) is 56.2 Å². The molecule has 0 saturated heterocycles. The number of benzene rings is 1. The second kappa shape index (κ2) is 12.5. The van der Waals surface area contributed by atoms with E-state index >= 15 is 0 Å². The molecule has 1 amide bonds. The Balaban J connectivity index is 1.31. The Morgan fingerprint density at radius 1 is 0.865 bits per heavy atom. The first kappa shape index (κ1) is 38.8. The van der Waals surface area contributed by atoms with Crippen LogP contribution in [0.15, 0.2) is 41.5 Å². The zero-order valence-corrected chi connectivity index (χ0v) is 33.8. The predicted octanol–water partition coefficient (Wildman–Crippen LogP) is 9.43. The smallest absolute Gasteiger partial charge is 0.309 e. The van der Waals surface area contributed by atoms with E-state index in [1.54, 1.807) is 13.8 Å². The van der Waals surface area contributed by atoms with E-state index in [2.05, 4.69) is 79.8 Å². The van der Waals surface area contributed by atoms with Crippen molar-refractivity contribution in [2.45, 2.75) is 152 Å². The fourth-order valence-corrected chi connectivity index (χ4v) is 13.0. The van der Waals surface area contributed by atoms with Crippen LogP contribution in [0.2, 0.25) is 0 Å². The van der Waals surface area contributed by atoms with Crippen LogP contribution in [0.1, 0.15) is 146 Å². The third-order valence-electron chi connectivity index (χ3n) is 16.2. The van der Waals surface area contributed by atoms with Gasteiger partial charge in [0.25, 0.3) is 0 Å². The lowest BCUT2D eigenvalue weighted by molar-refractivity contribution is -0.233. The monoisotopic (exact) mass is 715 g/mol. The van der Waals surface area contributed by atoms with Gasteiger partial charge in [-0.25, -0.2) is 0 Å². The van der Waals surface area contributed by atoms with Gasteiger partial charge in [-0.3, -0.25) is 19.2 Å². The number of esters is 1. The van der Waals surface area contributed by atoms with Crippen molar-refractivity contribution in [1.82, 2.24) is 5.32 Å². The van der Waals surface area contributed by atoms with Gasteiger partial charge < -0.3 is 15.2 Å². The number of ether oxygens (including phenoxy) is 1. The molecule has 52 heavy (non-hydrogen) atoms. The number of Topliss-reactive ketones (excluding diaryl/α,β-unsaturated/α-hetero) is 1. The first-order valence-corrected chi connectivity index (χ1v) is 20.1. The van der Waals surface area contributed by atoms with Crippen LogP contribution in [-0.2, 0) is 29.5 Å². The normalized spacial score (nSPS) is 37.0. The van der Waals surface area contributed by atoms with Crippen LogP contribution in [0.4, 0.5) is 0 Å². The minimum atomic E-state index is -1.17. The van der Waals surface area contributed by atoms with Gasteiger partial charge in [-0.1, -0.05) is 78.8 Å². The maximum absolute atomic E-state index is 14.8. The quantitative estimate of drug-likeness (QED) is 0.260. The van der Waals surface area contributed by atoms with Gasteiger partial charge in [0.05, 0.1) is 22.8 Å². The molecule has 5 aliphatic carbocycles. The fourth-order valence-electron chi connectivity index (χ4n) is 13.0. The lowest BCUT2D eigenvalue weighted by Crippen LogP contribution is -2.66. The van der Waals surface area contributed by atoms with Gasteiger partial charge in [-0.2, -0.15) is 0 Å². The number of carbonyl (C=O) groups is 4. The van der Waals surface area contributed by atoms with Gasteiger partial charge in [-0.15, -0.1) is 0 Å². The Morgan fingerprint density at radius 2 is 1.52 bits per heavy atom. The number of hydrogen-bond acceptors (Lipinski definition) is 5. The summed E-state index contributed by atoms with van der Waals surface area (Å²) in [7, 11) is 0. The molecule has 0 bridgehead atoms. The van der Waals surface area contributed by atoms with Gasteiger partial charge in [-0.05, 0) is 136 Å². The summed E-state index contributed by atoms with van der Waals surface area (Å²) in [4.78, 5) is 53.7. The zero-order valence-electron chi connectivity index (χ0n) is 33.8. The lowest BCUT2D eigenvalue weighted by atomic mass is 9.33. The molecule has 0 aliphatic heterocycles. The Labute approximate surface area is 312 Å². The topological polar surface area (TPSA) is 110 Å². The maximum atomic E-state index is 14.8. The maximum Gasteiger partial charge on any atom is 0.309 e. The van der Waals surface area contributed by atoms with Gasteiger partial charge in [0, 0.05) is 11.8 Å². The van der Waals surface area contributed by atoms with E-state index < -0.39 is 28.3 Å². The molecule has 6 rings (SSSR count).